The molecule has 2 rings (SSSR count). The molecule has 2 aromatic rings. The SMILES string of the molecule is N#CCC(=O)c1ccc(C(=O)NCc2ccccc2C(F)(F)F)cc1. The van der Waals surface area contributed by atoms with E-state index in [9.17, 15) is 22.8 Å². The molecule has 0 aliphatic rings. The number of rotatable bonds is 5. The number of halogens is 3. The van der Waals surface area contributed by atoms with Gasteiger partial charge < -0.3 is 5.32 Å². The summed E-state index contributed by atoms with van der Waals surface area (Å²) in [5.41, 5.74) is -0.338. The molecule has 0 fully saturated rings. The Labute approximate surface area is 141 Å². The molecule has 0 saturated carbocycles. The van der Waals surface area contributed by atoms with E-state index in [4.69, 9.17) is 5.26 Å². The first-order valence-corrected chi connectivity index (χ1v) is 7.26. The third-order valence-electron chi connectivity index (χ3n) is 3.47. The second-order valence-electron chi connectivity index (χ2n) is 5.17. The minimum absolute atomic E-state index is 0.0378. The van der Waals surface area contributed by atoms with Gasteiger partial charge >= 0.3 is 6.18 Å². The Morgan fingerprint density at radius 1 is 1.00 bits per heavy atom. The molecule has 25 heavy (non-hydrogen) atoms. The van der Waals surface area contributed by atoms with Crippen molar-refractivity contribution in [2.24, 2.45) is 0 Å². The Bertz CT molecular complexity index is 821. The molecule has 0 spiro atoms. The summed E-state index contributed by atoms with van der Waals surface area (Å²) >= 11 is 0. The average Bonchev–Trinajstić information content (AvgIpc) is 2.59. The van der Waals surface area contributed by atoms with Crippen molar-refractivity contribution in [1.29, 1.82) is 5.26 Å². The van der Waals surface area contributed by atoms with Crippen LogP contribution in [0.5, 0.6) is 0 Å². The molecule has 0 saturated heterocycles. The summed E-state index contributed by atoms with van der Waals surface area (Å²) in [6, 6.07) is 12.3. The highest BCUT2D eigenvalue weighted by molar-refractivity contribution is 5.99. The van der Waals surface area contributed by atoms with Gasteiger partial charge in [0, 0.05) is 17.7 Å². The van der Waals surface area contributed by atoms with E-state index in [1.165, 1.54) is 42.5 Å². The molecule has 128 valence electrons. The van der Waals surface area contributed by atoms with Crippen LogP contribution in [0.3, 0.4) is 0 Å². The van der Waals surface area contributed by atoms with Crippen molar-refractivity contribution in [3.63, 3.8) is 0 Å². The van der Waals surface area contributed by atoms with Crippen molar-refractivity contribution in [3.8, 4) is 6.07 Å². The number of ketones is 1. The number of benzene rings is 2. The second kappa shape index (κ2) is 7.62. The van der Waals surface area contributed by atoms with Gasteiger partial charge in [-0.15, -0.1) is 0 Å². The van der Waals surface area contributed by atoms with Crippen molar-refractivity contribution < 1.29 is 22.8 Å². The van der Waals surface area contributed by atoms with E-state index in [0.29, 0.717) is 5.56 Å². The summed E-state index contributed by atoms with van der Waals surface area (Å²) in [6.07, 6.45) is -4.76. The minimum Gasteiger partial charge on any atom is -0.348 e. The van der Waals surface area contributed by atoms with Gasteiger partial charge in [0.15, 0.2) is 5.78 Å². The van der Waals surface area contributed by atoms with Crippen molar-refractivity contribution in [3.05, 3.63) is 70.8 Å². The number of nitrogens with zero attached hydrogens (tertiary/aromatic N) is 1. The van der Waals surface area contributed by atoms with Gasteiger partial charge in [0.2, 0.25) is 0 Å². The van der Waals surface area contributed by atoms with Crippen LogP contribution < -0.4 is 5.32 Å². The normalized spacial score (nSPS) is 10.8. The lowest BCUT2D eigenvalue weighted by Crippen LogP contribution is -2.24. The molecule has 0 aromatic heterocycles. The molecule has 0 aliphatic carbocycles. The Kier molecular flexibility index (Phi) is 5.55. The number of carbonyl (C=O) groups is 2. The highest BCUT2D eigenvalue weighted by Crippen LogP contribution is 2.31. The molecule has 2 aromatic carbocycles. The lowest BCUT2D eigenvalue weighted by Gasteiger charge is -2.13. The van der Waals surface area contributed by atoms with Gasteiger partial charge in [-0.1, -0.05) is 30.3 Å². The van der Waals surface area contributed by atoms with Crippen LogP contribution in [0.1, 0.15) is 38.3 Å². The molecular formula is C18H13F3N2O2. The summed E-state index contributed by atoms with van der Waals surface area (Å²) in [5.74, 6) is -0.926. The smallest absolute Gasteiger partial charge is 0.348 e. The van der Waals surface area contributed by atoms with E-state index in [1.807, 2.05) is 0 Å². The number of Topliss-reactive ketones (excluding diaryl/α,β-unsaturated/α-hetero) is 1. The number of nitriles is 1. The van der Waals surface area contributed by atoms with Crippen molar-refractivity contribution >= 4 is 11.7 Å². The van der Waals surface area contributed by atoms with Crippen LogP contribution in [0.4, 0.5) is 13.2 Å². The molecular weight excluding hydrogens is 333 g/mol. The Morgan fingerprint density at radius 2 is 1.60 bits per heavy atom. The monoisotopic (exact) mass is 346 g/mol. The fourth-order valence-electron chi connectivity index (χ4n) is 2.21. The van der Waals surface area contributed by atoms with Gasteiger partial charge in [-0.2, -0.15) is 18.4 Å². The summed E-state index contributed by atoms with van der Waals surface area (Å²) in [7, 11) is 0. The maximum absolute atomic E-state index is 12.9. The van der Waals surface area contributed by atoms with Crippen LogP contribution in [-0.4, -0.2) is 11.7 Å². The van der Waals surface area contributed by atoms with E-state index in [1.54, 1.807) is 6.07 Å². The largest absolute Gasteiger partial charge is 0.416 e. The van der Waals surface area contributed by atoms with E-state index < -0.39 is 17.6 Å². The number of hydrogen-bond acceptors (Lipinski definition) is 3. The van der Waals surface area contributed by atoms with Gasteiger partial charge in [-0.3, -0.25) is 9.59 Å². The van der Waals surface area contributed by atoms with Crippen molar-refractivity contribution in [2.45, 2.75) is 19.1 Å². The summed E-state index contributed by atoms with van der Waals surface area (Å²) < 4.78 is 38.7. The van der Waals surface area contributed by atoms with Crippen LogP contribution >= 0.6 is 0 Å². The first-order chi connectivity index (χ1) is 11.8. The van der Waals surface area contributed by atoms with E-state index >= 15 is 0 Å². The molecule has 0 heterocycles. The fourth-order valence-corrected chi connectivity index (χ4v) is 2.21. The third kappa shape index (κ3) is 4.67. The molecule has 7 heteroatoms. The van der Waals surface area contributed by atoms with E-state index in [2.05, 4.69) is 5.32 Å². The lowest BCUT2D eigenvalue weighted by molar-refractivity contribution is -0.138. The number of hydrogen-bond donors (Lipinski definition) is 1. The van der Waals surface area contributed by atoms with Crippen LogP contribution in [0, 0.1) is 11.3 Å². The predicted octanol–water partition coefficient (Wildman–Crippen LogP) is 3.73. The van der Waals surface area contributed by atoms with Gasteiger partial charge in [-0.25, -0.2) is 0 Å². The highest BCUT2D eigenvalue weighted by atomic mass is 19.4. The maximum Gasteiger partial charge on any atom is 0.416 e. The van der Waals surface area contributed by atoms with Crippen molar-refractivity contribution in [2.75, 3.05) is 0 Å². The molecule has 4 nitrogen and oxygen atoms in total. The van der Waals surface area contributed by atoms with Gasteiger partial charge in [0.05, 0.1) is 18.1 Å². The number of amides is 1. The number of nitrogens with one attached hydrogen (secondary N) is 1. The minimum atomic E-state index is -4.50. The third-order valence-corrected chi connectivity index (χ3v) is 3.47. The quantitative estimate of drug-likeness (QED) is 0.839. The zero-order valence-electron chi connectivity index (χ0n) is 12.9. The van der Waals surface area contributed by atoms with Crippen LogP contribution in [-0.2, 0) is 12.7 Å². The topological polar surface area (TPSA) is 70.0 Å². The zero-order chi connectivity index (χ0) is 18.4. The molecule has 0 bridgehead atoms. The van der Waals surface area contributed by atoms with Crippen LogP contribution in [0.2, 0.25) is 0 Å². The van der Waals surface area contributed by atoms with E-state index in [-0.39, 0.29) is 29.9 Å². The summed E-state index contributed by atoms with van der Waals surface area (Å²) in [5, 5.41) is 10.9. The molecule has 0 aliphatic heterocycles. The van der Waals surface area contributed by atoms with Gasteiger partial charge in [0.1, 0.15) is 0 Å². The molecule has 1 N–H and O–H groups in total. The Hall–Kier alpha value is -3.14. The molecule has 0 atom stereocenters. The van der Waals surface area contributed by atoms with E-state index in [0.717, 1.165) is 6.07 Å². The Morgan fingerprint density at radius 3 is 2.20 bits per heavy atom. The Balaban J connectivity index is 2.07. The summed E-state index contributed by atoms with van der Waals surface area (Å²) in [6.45, 7) is -0.274. The standard InChI is InChI=1S/C18H13F3N2O2/c19-18(20,21)15-4-2-1-3-14(15)11-23-17(25)13-7-5-12(6-8-13)16(24)9-10-22/h1-8H,9,11H2,(H,23,25). The van der Waals surface area contributed by atoms with Crippen molar-refractivity contribution in [1.82, 2.24) is 5.32 Å². The average molecular weight is 346 g/mol. The molecule has 1 amide bonds. The summed E-state index contributed by atoms with van der Waals surface area (Å²) in [4.78, 5) is 23.6. The fraction of sp³-hybridized carbons (Fsp3) is 0.167. The van der Waals surface area contributed by atoms with Gasteiger partial charge in [0.25, 0.3) is 5.91 Å². The molecule has 0 unspecified atom stereocenters. The second-order valence-corrected chi connectivity index (χ2v) is 5.17. The van der Waals surface area contributed by atoms with Crippen LogP contribution in [0.15, 0.2) is 48.5 Å². The number of carbonyl (C=O) groups excluding carboxylic acids is 2. The first kappa shape index (κ1) is 18.2. The van der Waals surface area contributed by atoms with Crippen LogP contribution in [0.25, 0.3) is 0 Å². The number of alkyl halides is 3. The lowest BCUT2D eigenvalue weighted by atomic mass is 10.1. The maximum atomic E-state index is 12.9. The highest BCUT2D eigenvalue weighted by Gasteiger charge is 2.32. The van der Waals surface area contributed by atoms with Gasteiger partial charge in [-0.05, 0) is 23.8 Å². The predicted molar refractivity (Wildman–Crippen MR) is 83.6 cm³/mol. The zero-order valence-corrected chi connectivity index (χ0v) is 12.9. The molecule has 0 radical (unpaired) electrons. The first-order valence-electron chi connectivity index (χ1n) is 7.26.